The molecule has 182 valence electrons. The van der Waals surface area contributed by atoms with Crippen LogP contribution in [0.5, 0.6) is 0 Å². The summed E-state index contributed by atoms with van der Waals surface area (Å²) in [5.41, 5.74) is 5.04. The molecule has 6 nitrogen and oxygen atoms in total. The monoisotopic (exact) mass is 520 g/mol. The van der Waals surface area contributed by atoms with E-state index in [1.54, 1.807) is 26.8 Å². The summed E-state index contributed by atoms with van der Waals surface area (Å²) in [6.07, 6.45) is 0. The lowest BCUT2D eigenvalue weighted by atomic mass is 10.1. The van der Waals surface area contributed by atoms with Crippen molar-refractivity contribution in [1.82, 2.24) is 0 Å². The molecule has 0 heterocycles. The van der Waals surface area contributed by atoms with Gasteiger partial charge in [-0.2, -0.15) is 0 Å². The molecule has 0 aliphatic carbocycles. The Bertz CT molecular complexity index is 1460. The minimum Gasteiger partial charge on any atom is -0.279 e. The molecule has 0 aliphatic heterocycles. The Hall–Kier alpha value is -2.55. The molecule has 1 N–H and O–H groups in total. The van der Waals surface area contributed by atoms with Crippen LogP contribution in [0, 0.1) is 41.5 Å². The van der Waals surface area contributed by atoms with Crippen LogP contribution in [0.1, 0.15) is 33.4 Å². The van der Waals surface area contributed by atoms with Crippen molar-refractivity contribution in [2.75, 3.05) is 16.1 Å². The summed E-state index contributed by atoms with van der Waals surface area (Å²) in [6.45, 7) is 10.8. The van der Waals surface area contributed by atoms with Crippen molar-refractivity contribution in [1.29, 1.82) is 0 Å². The van der Waals surface area contributed by atoms with E-state index in [9.17, 15) is 16.8 Å². The van der Waals surface area contributed by atoms with Crippen molar-refractivity contribution in [2.45, 2.75) is 51.3 Å². The minimum absolute atomic E-state index is 0.0608. The number of rotatable bonds is 6. The second-order valence-corrected chi connectivity index (χ2v) is 12.6. The first-order chi connectivity index (χ1) is 15.7. The van der Waals surface area contributed by atoms with Crippen LogP contribution in [0.4, 0.5) is 11.4 Å². The first-order valence-electron chi connectivity index (χ1n) is 10.6. The van der Waals surface area contributed by atoms with Gasteiger partial charge in [-0.1, -0.05) is 35.4 Å². The van der Waals surface area contributed by atoms with E-state index in [4.69, 9.17) is 11.6 Å². The standard InChI is InChI=1S/C25H29ClN2O4S2/c1-15-12-16(2)23(17(3)13-15)27-33(29,30)25-19(5)14-18(4)24(20(25)6)28(7)34(31,32)22-10-8-21(26)9-11-22/h8-14,27H,1-7H3. The molecule has 0 unspecified atom stereocenters. The van der Waals surface area contributed by atoms with Crippen LogP contribution < -0.4 is 9.03 Å². The molecule has 3 aromatic carbocycles. The van der Waals surface area contributed by atoms with Crippen molar-refractivity contribution in [3.63, 3.8) is 0 Å². The second kappa shape index (κ2) is 9.24. The first-order valence-corrected chi connectivity index (χ1v) is 13.9. The zero-order valence-electron chi connectivity index (χ0n) is 20.3. The second-order valence-electron chi connectivity index (χ2n) is 8.62. The fourth-order valence-electron chi connectivity index (χ4n) is 4.47. The number of aryl methyl sites for hydroxylation is 5. The van der Waals surface area contributed by atoms with Gasteiger partial charge in [0, 0.05) is 12.1 Å². The number of hydrogen-bond donors (Lipinski definition) is 1. The highest BCUT2D eigenvalue weighted by atomic mass is 35.5. The Morgan fingerprint density at radius 2 is 1.29 bits per heavy atom. The van der Waals surface area contributed by atoms with E-state index in [0.717, 1.165) is 21.0 Å². The van der Waals surface area contributed by atoms with E-state index in [1.807, 2.05) is 32.9 Å². The van der Waals surface area contributed by atoms with Crippen molar-refractivity contribution < 1.29 is 16.8 Å². The van der Waals surface area contributed by atoms with Crippen LogP contribution in [0.25, 0.3) is 0 Å². The lowest BCUT2D eigenvalue weighted by Gasteiger charge is -2.26. The maximum Gasteiger partial charge on any atom is 0.264 e. The van der Waals surface area contributed by atoms with Gasteiger partial charge in [-0.05, 0) is 93.6 Å². The third-order valence-corrected chi connectivity index (χ3v) is 9.49. The fourth-order valence-corrected chi connectivity index (χ4v) is 7.59. The molecule has 0 aliphatic rings. The van der Waals surface area contributed by atoms with Gasteiger partial charge >= 0.3 is 0 Å². The molecule has 0 atom stereocenters. The minimum atomic E-state index is -4.01. The number of anilines is 2. The molecule has 0 saturated carbocycles. The van der Waals surface area contributed by atoms with E-state index in [2.05, 4.69) is 4.72 Å². The number of halogens is 1. The predicted molar refractivity (Wildman–Crippen MR) is 139 cm³/mol. The van der Waals surface area contributed by atoms with E-state index in [0.29, 0.717) is 33.1 Å². The SMILES string of the molecule is Cc1cc(C)c(NS(=O)(=O)c2c(C)cc(C)c(N(C)S(=O)(=O)c3ccc(Cl)cc3)c2C)c(C)c1. The topological polar surface area (TPSA) is 83.6 Å². The summed E-state index contributed by atoms with van der Waals surface area (Å²) in [5.74, 6) is 0. The third kappa shape index (κ3) is 4.80. The molecule has 0 saturated heterocycles. The van der Waals surface area contributed by atoms with Crippen molar-refractivity contribution in [3.05, 3.63) is 80.9 Å². The molecule has 0 fully saturated rings. The summed E-state index contributed by atoms with van der Waals surface area (Å²) < 4.78 is 57.7. The quantitative estimate of drug-likeness (QED) is 0.444. The van der Waals surface area contributed by atoms with E-state index >= 15 is 0 Å². The lowest BCUT2D eigenvalue weighted by Crippen LogP contribution is -2.29. The first kappa shape index (κ1) is 26.1. The largest absolute Gasteiger partial charge is 0.279 e. The van der Waals surface area contributed by atoms with Crippen LogP contribution in [-0.2, 0) is 20.0 Å². The van der Waals surface area contributed by atoms with Crippen LogP contribution in [0.2, 0.25) is 5.02 Å². The molecule has 3 aromatic rings. The summed E-state index contributed by atoms with van der Waals surface area (Å²) in [7, 11) is -6.53. The van der Waals surface area contributed by atoms with E-state index in [-0.39, 0.29) is 9.79 Å². The van der Waals surface area contributed by atoms with Crippen molar-refractivity contribution in [3.8, 4) is 0 Å². The van der Waals surface area contributed by atoms with Crippen LogP contribution in [0.15, 0.2) is 52.3 Å². The summed E-state index contributed by atoms with van der Waals surface area (Å²) in [5, 5.41) is 0.422. The third-order valence-electron chi connectivity index (χ3n) is 5.83. The highest BCUT2D eigenvalue weighted by molar-refractivity contribution is 7.93. The molecule has 0 amide bonds. The number of nitrogens with zero attached hydrogens (tertiary/aromatic N) is 1. The van der Waals surface area contributed by atoms with Crippen LogP contribution in [-0.4, -0.2) is 23.9 Å². The van der Waals surface area contributed by atoms with Gasteiger partial charge in [-0.25, -0.2) is 16.8 Å². The molecular formula is C25H29ClN2O4S2. The zero-order valence-corrected chi connectivity index (χ0v) is 22.7. The Morgan fingerprint density at radius 3 is 1.82 bits per heavy atom. The van der Waals surface area contributed by atoms with Crippen molar-refractivity contribution >= 4 is 43.0 Å². The average Bonchev–Trinajstić information content (AvgIpc) is 2.70. The molecule has 0 bridgehead atoms. The normalized spacial score (nSPS) is 12.0. The molecular weight excluding hydrogens is 492 g/mol. The summed E-state index contributed by atoms with van der Waals surface area (Å²) >= 11 is 5.91. The van der Waals surface area contributed by atoms with Crippen molar-refractivity contribution in [2.24, 2.45) is 0 Å². The van der Waals surface area contributed by atoms with Gasteiger partial charge in [0.25, 0.3) is 20.0 Å². The number of hydrogen-bond acceptors (Lipinski definition) is 4. The summed E-state index contributed by atoms with van der Waals surface area (Å²) in [4.78, 5) is 0.123. The van der Waals surface area contributed by atoms with E-state index < -0.39 is 20.0 Å². The van der Waals surface area contributed by atoms with Gasteiger partial charge in [0.1, 0.15) is 0 Å². The molecule has 0 radical (unpaired) electrons. The highest BCUT2D eigenvalue weighted by Gasteiger charge is 2.29. The zero-order chi connectivity index (χ0) is 25.6. The van der Waals surface area contributed by atoms with Gasteiger partial charge in [0.15, 0.2) is 0 Å². The van der Waals surface area contributed by atoms with Gasteiger partial charge in [0.05, 0.1) is 21.2 Å². The molecule has 9 heteroatoms. The Labute approximate surface area is 207 Å². The molecule has 34 heavy (non-hydrogen) atoms. The maximum absolute atomic E-state index is 13.6. The van der Waals surface area contributed by atoms with Gasteiger partial charge in [-0.15, -0.1) is 0 Å². The predicted octanol–water partition coefficient (Wildman–Crippen LogP) is 5.82. The van der Waals surface area contributed by atoms with Gasteiger partial charge in [0.2, 0.25) is 0 Å². The Balaban J connectivity index is 2.16. The van der Waals surface area contributed by atoms with E-state index in [1.165, 1.54) is 31.3 Å². The van der Waals surface area contributed by atoms with Crippen LogP contribution >= 0.6 is 11.6 Å². The smallest absolute Gasteiger partial charge is 0.264 e. The molecule has 0 spiro atoms. The fraction of sp³-hybridized carbons (Fsp3) is 0.280. The molecule has 3 rings (SSSR count). The Kier molecular flexibility index (Phi) is 7.09. The number of sulfonamides is 2. The number of nitrogens with one attached hydrogen (secondary N) is 1. The lowest BCUT2D eigenvalue weighted by molar-refractivity contribution is 0.592. The molecule has 0 aromatic heterocycles. The number of benzene rings is 3. The van der Waals surface area contributed by atoms with Gasteiger partial charge in [-0.3, -0.25) is 9.03 Å². The van der Waals surface area contributed by atoms with Crippen LogP contribution in [0.3, 0.4) is 0 Å². The maximum atomic E-state index is 13.6. The highest BCUT2D eigenvalue weighted by Crippen LogP contribution is 2.36. The average molecular weight is 521 g/mol. The summed E-state index contributed by atoms with van der Waals surface area (Å²) in [6, 6.07) is 11.4. The Morgan fingerprint density at radius 1 is 0.765 bits per heavy atom. The van der Waals surface area contributed by atoms with Gasteiger partial charge < -0.3 is 0 Å².